The van der Waals surface area contributed by atoms with Crippen LogP contribution in [-0.4, -0.2) is 7.05 Å². The van der Waals surface area contributed by atoms with E-state index in [1.54, 1.807) is 0 Å². The molecule has 0 bridgehead atoms. The molecule has 3 aliphatic carbocycles. The van der Waals surface area contributed by atoms with E-state index in [0.717, 1.165) is 5.70 Å². The number of nitrogens with one attached hydrogen (secondary N) is 1. The lowest BCUT2D eigenvalue weighted by atomic mass is 9.55. The molecule has 2 heteroatoms. The van der Waals surface area contributed by atoms with Crippen LogP contribution in [0, 0.1) is 22.7 Å². The first-order chi connectivity index (χ1) is 10.4. The minimum absolute atomic E-state index is 0.225. The molecule has 0 aliphatic heterocycles. The Morgan fingerprint density at radius 1 is 1.00 bits per heavy atom. The van der Waals surface area contributed by atoms with E-state index < -0.39 is 0 Å². The maximum absolute atomic E-state index is 6.15. The van der Waals surface area contributed by atoms with E-state index in [2.05, 4.69) is 51.4 Å². The third-order valence-electron chi connectivity index (χ3n) is 6.77. The molecule has 3 N–H and O–H groups in total. The van der Waals surface area contributed by atoms with E-state index in [1.165, 1.54) is 49.8 Å². The van der Waals surface area contributed by atoms with Crippen molar-refractivity contribution < 1.29 is 0 Å². The highest BCUT2D eigenvalue weighted by atomic mass is 14.9. The second-order valence-corrected chi connectivity index (χ2v) is 8.31. The van der Waals surface area contributed by atoms with Gasteiger partial charge in [-0.15, -0.1) is 0 Å². The predicted molar refractivity (Wildman–Crippen MR) is 94.1 cm³/mol. The topological polar surface area (TPSA) is 38.0 Å². The van der Waals surface area contributed by atoms with Gasteiger partial charge in [-0.2, -0.15) is 0 Å². The molecule has 0 heterocycles. The van der Waals surface area contributed by atoms with Crippen molar-refractivity contribution in [2.75, 3.05) is 7.05 Å². The number of fused-ring (bicyclic) bond motifs is 1. The Morgan fingerprint density at radius 2 is 1.68 bits per heavy atom. The van der Waals surface area contributed by atoms with Crippen molar-refractivity contribution in [3.63, 3.8) is 0 Å². The van der Waals surface area contributed by atoms with Gasteiger partial charge in [-0.3, -0.25) is 0 Å². The number of hydrogen-bond donors (Lipinski definition) is 2. The molecule has 22 heavy (non-hydrogen) atoms. The second kappa shape index (κ2) is 5.47. The minimum atomic E-state index is 0.225. The molecular weight excluding hydrogens is 268 g/mol. The van der Waals surface area contributed by atoms with Gasteiger partial charge in [0.1, 0.15) is 0 Å². The van der Waals surface area contributed by atoms with Gasteiger partial charge in [0.15, 0.2) is 0 Å². The fraction of sp³-hybridized carbons (Fsp3) is 0.700. The lowest BCUT2D eigenvalue weighted by Crippen LogP contribution is -2.42. The van der Waals surface area contributed by atoms with Crippen LogP contribution in [0.1, 0.15) is 59.3 Å². The van der Waals surface area contributed by atoms with Crippen molar-refractivity contribution in [2.24, 2.45) is 28.4 Å². The number of rotatable bonds is 2. The maximum atomic E-state index is 6.15. The van der Waals surface area contributed by atoms with E-state index in [0.29, 0.717) is 17.3 Å². The summed E-state index contributed by atoms with van der Waals surface area (Å²) in [6, 6.07) is 0. The summed E-state index contributed by atoms with van der Waals surface area (Å²) in [5.74, 6) is 0.941. The Bertz CT molecular complexity index is 538. The molecule has 0 aromatic rings. The quantitative estimate of drug-likeness (QED) is 0.787. The zero-order chi connectivity index (χ0) is 16.0. The van der Waals surface area contributed by atoms with Crippen molar-refractivity contribution in [3.8, 4) is 0 Å². The van der Waals surface area contributed by atoms with Crippen molar-refractivity contribution in [1.29, 1.82) is 0 Å². The molecule has 2 nitrogen and oxygen atoms in total. The Balaban J connectivity index is 2.01. The molecule has 0 amide bonds. The fourth-order valence-electron chi connectivity index (χ4n) is 4.66. The molecule has 1 fully saturated rings. The van der Waals surface area contributed by atoms with Crippen LogP contribution in [0.5, 0.6) is 0 Å². The largest absolute Gasteiger partial charge is 0.402 e. The summed E-state index contributed by atoms with van der Waals surface area (Å²) in [5.41, 5.74) is 10.6. The zero-order valence-electron chi connectivity index (χ0n) is 14.7. The summed E-state index contributed by atoms with van der Waals surface area (Å²) < 4.78 is 0. The average Bonchev–Trinajstić information content (AvgIpc) is 2.47. The van der Waals surface area contributed by atoms with Crippen LogP contribution in [0.3, 0.4) is 0 Å². The maximum Gasteiger partial charge on any atom is 0.0338 e. The van der Waals surface area contributed by atoms with Gasteiger partial charge in [0, 0.05) is 30.3 Å². The van der Waals surface area contributed by atoms with Crippen LogP contribution < -0.4 is 11.1 Å². The smallest absolute Gasteiger partial charge is 0.0338 e. The normalized spacial score (nSPS) is 37.5. The molecule has 0 spiro atoms. The third kappa shape index (κ3) is 2.31. The van der Waals surface area contributed by atoms with Crippen molar-refractivity contribution in [1.82, 2.24) is 5.32 Å². The summed E-state index contributed by atoms with van der Waals surface area (Å²) >= 11 is 0. The molecule has 0 radical (unpaired) electrons. The lowest BCUT2D eigenvalue weighted by molar-refractivity contribution is 0.0899. The summed E-state index contributed by atoms with van der Waals surface area (Å²) in [6.45, 7) is 7.44. The number of hydrogen-bond acceptors (Lipinski definition) is 2. The Kier molecular flexibility index (Phi) is 3.91. The Hall–Kier alpha value is -1.18. The molecule has 0 aromatic heterocycles. The highest BCUT2D eigenvalue weighted by molar-refractivity contribution is 5.47. The van der Waals surface area contributed by atoms with Crippen LogP contribution in [0.2, 0.25) is 0 Å². The lowest BCUT2D eigenvalue weighted by Gasteiger charge is -2.50. The molecule has 3 aliphatic rings. The standard InChI is InChI=1S/C20H32N2/c1-19(2)9-7-5-6-8-10-20(19,3)16-13-15-14(11-17(15)21)12-18(16)22-4/h11-15,22H,5-10,21H2,1-4H3/t14?,15-,20?/m0/s1. The van der Waals surface area contributed by atoms with Gasteiger partial charge >= 0.3 is 0 Å². The molecular formula is C20H32N2. The first kappa shape index (κ1) is 15.7. The van der Waals surface area contributed by atoms with Crippen LogP contribution >= 0.6 is 0 Å². The number of likely N-dealkylation sites (N-methyl/N-ethyl adjacent to an activating group) is 1. The molecule has 122 valence electrons. The van der Waals surface area contributed by atoms with Gasteiger partial charge in [0.2, 0.25) is 0 Å². The summed E-state index contributed by atoms with van der Waals surface area (Å²) in [6.07, 6.45) is 15.2. The highest BCUT2D eigenvalue weighted by Crippen LogP contribution is 2.56. The van der Waals surface area contributed by atoms with E-state index in [-0.39, 0.29) is 5.41 Å². The number of nitrogens with two attached hydrogens (primary N) is 1. The van der Waals surface area contributed by atoms with Crippen LogP contribution in [0.4, 0.5) is 0 Å². The van der Waals surface area contributed by atoms with Crippen LogP contribution in [-0.2, 0) is 0 Å². The van der Waals surface area contributed by atoms with Gasteiger partial charge in [-0.1, -0.05) is 64.7 Å². The van der Waals surface area contributed by atoms with Crippen molar-refractivity contribution in [3.05, 3.63) is 35.2 Å². The van der Waals surface area contributed by atoms with Gasteiger partial charge in [0.05, 0.1) is 0 Å². The molecule has 1 saturated carbocycles. The summed E-state index contributed by atoms with van der Waals surface area (Å²) in [7, 11) is 2.06. The fourth-order valence-corrected chi connectivity index (χ4v) is 4.66. The van der Waals surface area contributed by atoms with E-state index in [9.17, 15) is 0 Å². The predicted octanol–water partition coefficient (Wildman–Crippen LogP) is 4.51. The molecule has 3 rings (SSSR count). The van der Waals surface area contributed by atoms with Crippen molar-refractivity contribution in [2.45, 2.75) is 59.3 Å². The zero-order valence-corrected chi connectivity index (χ0v) is 14.7. The number of allylic oxidation sites excluding steroid dienone is 4. The van der Waals surface area contributed by atoms with E-state index >= 15 is 0 Å². The first-order valence-electron chi connectivity index (χ1n) is 8.98. The van der Waals surface area contributed by atoms with Gasteiger partial charge in [0.25, 0.3) is 0 Å². The van der Waals surface area contributed by atoms with Crippen LogP contribution in [0.15, 0.2) is 35.2 Å². The minimum Gasteiger partial charge on any atom is -0.402 e. The molecule has 0 saturated heterocycles. The van der Waals surface area contributed by atoms with Gasteiger partial charge < -0.3 is 11.1 Å². The average molecular weight is 300 g/mol. The first-order valence-corrected chi connectivity index (χ1v) is 8.98. The van der Waals surface area contributed by atoms with Gasteiger partial charge in [-0.05, 0) is 29.2 Å². The summed E-state index contributed by atoms with van der Waals surface area (Å²) in [4.78, 5) is 0. The van der Waals surface area contributed by atoms with E-state index in [1.807, 2.05) is 0 Å². The van der Waals surface area contributed by atoms with Crippen molar-refractivity contribution >= 4 is 0 Å². The van der Waals surface area contributed by atoms with E-state index in [4.69, 9.17) is 5.73 Å². The van der Waals surface area contributed by atoms with Gasteiger partial charge in [-0.25, -0.2) is 0 Å². The summed E-state index contributed by atoms with van der Waals surface area (Å²) in [5, 5.41) is 3.47. The monoisotopic (exact) mass is 300 g/mol. The second-order valence-electron chi connectivity index (χ2n) is 8.31. The molecule has 3 atom stereocenters. The third-order valence-corrected chi connectivity index (χ3v) is 6.77. The SMILES string of the molecule is CNC1=CC2C=C(N)[C@H]2C=C1C1(C)CCCCCCC1(C)C. The Labute approximate surface area is 135 Å². The molecule has 0 aromatic carbocycles. The Morgan fingerprint density at radius 3 is 2.32 bits per heavy atom. The van der Waals surface area contributed by atoms with Crippen LogP contribution in [0.25, 0.3) is 0 Å². The molecule has 2 unspecified atom stereocenters. The highest BCUT2D eigenvalue weighted by Gasteiger charge is 2.46.